The zero-order valence-corrected chi connectivity index (χ0v) is 14.7. The summed E-state index contributed by atoms with van der Waals surface area (Å²) in [6.07, 6.45) is 3.27. The number of aromatic nitrogens is 3. The third kappa shape index (κ3) is 3.33. The molecule has 25 heavy (non-hydrogen) atoms. The summed E-state index contributed by atoms with van der Waals surface area (Å²) in [5, 5.41) is 3.69. The second-order valence-corrected chi connectivity index (χ2v) is 7.31. The Labute approximate surface area is 144 Å². The molecule has 2 aromatic heterocycles. The van der Waals surface area contributed by atoms with Crippen LogP contribution in [0.4, 0.5) is 4.39 Å². The summed E-state index contributed by atoms with van der Waals surface area (Å²) in [5.74, 6) is 0.264. The molecule has 7 nitrogen and oxygen atoms in total. The number of hydrogen-bond donors (Lipinski definition) is 1. The minimum atomic E-state index is -3.93. The van der Waals surface area contributed by atoms with Crippen LogP contribution in [0.1, 0.15) is 28.9 Å². The maximum atomic E-state index is 13.3. The first kappa shape index (κ1) is 17.3. The maximum absolute atomic E-state index is 13.3. The molecule has 0 radical (unpaired) electrons. The summed E-state index contributed by atoms with van der Waals surface area (Å²) in [5.41, 5.74) is 0.828. The topological polar surface area (TPSA) is 90.0 Å². The second-order valence-electron chi connectivity index (χ2n) is 5.66. The fourth-order valence-electron chi connectivity index (χ4n) is 2.65. The minimum absolute atomic E-state index is 0.00572. The monoisotopic (exact) mass is 364 g/mol. The van der Waals surface area contributed by atoms with Crippen LogP contribution in [0, 0.1) is 19.7 Å². The molecular weight excluding hydrogens is 347 g/mol. The van der Waals surface area contributed by atoms with E-state index in [0.717, 1.165) is 0 Å². The second kappa shape index (κ2) is 6.41. The number of aryl methyl sites for hydroxylation is 3. The molecule has 0 saturated heterocycles. The number of sulfonamides is 1. The van der Waals surface area contributed by atoms with Gasteiger partial charge in [-0.3, -0.25) is 0 Å². The molecule has 1 atom stereocenters. The van der Waals surface area contributed by atoms with Crippen LogP contribution in [0.15, 0.2) is 46.1 Å². The zero-order chi connectivity index (χ0) is 18.2. The van der Waals surface area contributed by atoms with Gasteiger partial charge in [-0.15, -0.1) is 0 Å². The molecule has 0 fully saturated rings. The Morgan fingerprint density at radius 3 is 2.44 bits per heavy atom. The van der Waals surface area contributed by atoms with Crippen LogP contribution in [0.2, 0.25) is 0 Å². The summed E-state index contributed by atoms with van der Waals surface area (Å²) >= 11 is 0. The van der Waals surface area contributed by atoms with Gasteiger partial charge >= 0.3 is 0 Å². The van der Waals surface area contributed by atoms with Crippen molar-refractivity contribution in [2.45, 2.75) is 24.8 Å². The molecule has 2 heterocycles. The first-order valence-electron chi connectivity index (χ1n) is 7.47. The Kier molecular flexibility index (Phi) is 4.44. The lowest BCUT2D eigenvalue weighted by molar-refractivity contribution is 0.390. The van der Waals surface area contributed by atoms with E-state index in [1.165, 1.54) is 31.2 Å². The fourth-order valence-corrected chi connectivity index (χ4v) is 4.16. The molecule has 1 N–H and O–H groups in total. The number of imidazole rings is 1. The zero-order valence-electron chi connectivity index (χ0n) is 13.9. The van der Waals surface area contributed by atoms with Gasteiger partial charge in [-0.1, -0.05) is 17.3 Å². The predicted octanol–water partition coefficient (Wildman–Crippen LogP) is 2.23. The van der Waals surface area contributed by atoms with E-state index in [1.54, 1.807) is 30.9 Å². The highest BCUT2D eigenvalue weighted by Crippen LogP contribution is 2.26. The molecule has 0 saturated carbocycles. The van der Waals surface area contributed by atoms with Crippen LogP contribution in [0.5, 0.6) is 0 Å². The Morgan fingerprint density at radius 2 is 1.92 bits per heavy atom. The summed E-state index contributed by atoms with van der Waals surface area (Å²) in [6, 6.07) is 4.79. The Bertz CT molecular complexity index is 973. The highest BCUT2D eigenvalue weighted by molar-refractivity contribution is 7.89. The molecule has 9 heteroatoms. The third-order valence-corrected chi connectivity index (χ3v) is 5.50. The number of hydrogen-bond acceptors (Lipinski definition) is 5. The molecule has 3 rings (SSSR count). The first-order valence-corrected chi connectivity index (χ1v) is 8.96. The standard InChI is InChI=1S/C16H17FN4O3S/c1-10-15(11(2)24-19-10)25(22,23)20-14(16-18-8-9-21(16)3)12-4-6-13(17)7-5-12/h4-9,14,20H,1-3H3/t14-/m0/s1. The average molecular weight is 364 g/mol. The van der Waals surface area contributed by atoms with E-state index >= 15 is 0 Å². The van der Waals surface area contributed by atoms with Gasteiger partial charge in [0.2, 0.25) is 10.0 Å². The summed E-state index contributed by atoms with van der Waals surface area (Å²) < 4.78 is 48.3. The fraction of sp³-hybridized carbons (Fsp3) is 0.250. The van der Waals surface area contributed by atoms with Crippen molar-refractivity contribution in [3.05, 3.63) is 65.3 Å². The molecule has 0 bridgehead atoms. The van der Waals surface area contributed by atoms with Crippen molar-refractivity contribution < 1.29 is 17.3 Å². The smallest absolute Gasteiger partial charge is 0.246 e. The van der Waals surface area contributed by atoms with Crippen molar-refractivity contribution in [1.82, 2.24) is 19.4 Å². The van der Waals surface area contributed by atoms with E-state index in [2.05, 4.69) is 14.9 Å². The van der Waals surface area contributed by atoms with Crippen molar-refractivity contribution in [2.24, 2.45) is 7.05 Å². The van der Waals surface area contributed by atoms with E-state index in [1.807, 2.05) is 0 Å². The third-order valence-electron chi connectivity index (χ3n) is 3.83. The van der Waals surface area contributed by atoms with Crippen LogP contribution in [-0.4, -0.2) is 23.1 Å². The highest BCUT2D eigenvalue weighted by Gasteiger charge is 2.30. The summed E-state index contributed by atoms with van der Waals surface area (Å²) in [7, 11) is -2.18. The van der Waals surface area contributed by atoms with E-state index in [9.17, 15) is 12.8 Å². The predicted molar refractivity (Wildman–Crippen MR) is 87.7 cm³/mol. The Morgan fingerprint density at radius 1 is 1.24 bits per heavy atom. The first-order chi connectivity index (χ1) is 11.8. The van der Waals surface area contributed by atoms with Gasteiger partial charge in [0.25, 0.3) is 0 Å². The van der Waals surface area contributed by atoms with Gasteiger partial charge in [0.05, 0.1) is 0 Å². The normalized spacial score (nSPS) is 13.1. The van der Waals surface area contributed by atoms with E-state index in [-0.39, 0.29) is 16.3 Å². The number of nitrogens with one attached hydrogen (secondary N) is 1. The lowest BCUT2D eigenvalue weighted by Gasteiger charge is -2.19. The molecule has 0 aliphatic rings. The van der Waals surface area contributed by atoms with Gasteiger partial charge in [0, 0.05) is 19.4 Å². The number of benzene rings is 1. The molecule has 0 unspecified atom stereocenters. The molecule has 132 valence electrons. The van der Waals surface area contributed by atoms with Crippen LogP contribution in [0.25, 0.3) is 0 Å². The molecule has 0 aliphatic heterocycles. The van der Waals surface area contributed by atoms with Crippen molar-refractivity contribution in [3.63, 3.8) is 0 Å². The van der Waals surface area contributed by atoms with E-state index < -0.39 is 21.9 Å². The highest BCUT2D eigenvalue weighted by atomic mass is 32.2. The van der Waals surface area contributed by atoms with Crippen LogP contribution < -0.4 is 4.72 Å². The summed E-state index contributed by atoms with van der Waals surface area (Å²) in [4.78, 5) is 4.22. The van der Waals surface area contributed by atoms with Gasteiger partial charge in [-0.05, 0) is 31.5 Å². The lowest BCUT2D eigenvalue weighted by Crippen LogP contribution is -2.31. The molecule has 0 aliphatic carbocycles. The van der Waals surface area contributed by atoms with Gasteiger partial charge in [0.1, 0.15) is 28.3 Å². The minimum Gasteiger partial charge on any atom is -0.360 e. The van der Waals surface area contributed by atoms with E-state index in [0.29, 0.717) is 11.4 Å². The molecule has 0 spiro atoms. The van der Waals surface area contributed by atoms with Gasteiger partial charge < -0.3 is 9.09 Å². The number of rotatable bonds is 5. The van der Waals surface area contributed by atoms with Crippen molar-refractivity contribution in [1.29, 1.82) is 0 Å². The average Bonchev–Trinajstić information content (AvgIpc) is 3.12. The largest absolute Gasteiger partial charge is 0.360 e. The van der Waals surface area contributed by atoms with Gasteiger partial charge in [0.15, 0.2) is 5.76 Å². The number of halogens is 1. The molecule has 3 aromatic rings. The lowest BCUT2D eigenvalue weighted by atomic mass is 10.1. The molecular formula is C16H17FN4O3S. The van der Waals surface area contributed by atoms with Crippen LogP contribution in [0.3, 0.4) is 0 Å². The van der Waals surface area contributed by atoms with Crippen molar-refractivity contribution in [2.75, 3.05) is 0 Å². The van der Waals surface area contributed by atoms with Gasteiger partial charge in [-0.2, -0.15) is 4.72 Å². The molecule has 1 aromatic carbocycles. The Hall–Kier alpha value is -2.52. The van der Waals surface area contributed by atoms with E-state index in [4.69, 9.17) is 4.52 Å². The maximum Gasteiger partial charge on any atom is 0.246 e. The van der Waals surface area contributed by atoms with Gasteiger partial charge in [-0.25, -0.2) is 17.8 Å². The quantitative estimate of drug-likeness (QED) is 0.750. The molecule has 0 amide bonds. The van der Waals surface area contributed by atoms with Crippen LogP contribution in [-0.2, 0) is 17.1 Å². The van der Waals surface area contributed by atoms with Crippen molar-refractivity contribution in [3.8, 4) is 0 Å². The SMILES string of the molecule is Cc1noc(C)c1S(=O)(=O)N[C@@H](c1ccc(F)cc1)c1nccn1C. The summed E-state index contributed by atoms with van der Waals surface area (Å²) in [6.45, 7) is 3.08. The van der Waals surface area contributed by atoms with Crippen LogP contribution >= 0.6 is 0 Å². The van der Waals surface area contributed by atoms with Crippen molar-refractivity contribution >= 4 is 10.0 Å². The Balaban J connectivity index is 2.07. The number of nitrogens with zero attached hydrogens (tertiary/aromatic N) is 3.